The van der Waals surface area contributed by atoms with E-state index in [9.17, 15) is 18.0 Å². The second-order valence-electron chi connectivity index (χ2n) is 7.92. The lowest BCUT2D eigenvalue weighted by molar-refractivity contribution is -0.137. The molecule has 0 saturated carbocycles. The molecule has 166 valence electrons. The fraction of sp³-hybridized carbons (Fsp3) is 0.455. The van der Waals surface area contributed by atoms with E-state index in [2.05, 4.69) is 16.9 Å². The first-order valence-electron chi connectivity index (χ1n) is 10.2. The van der Waals surface area contributed by atoms with Crippen LogP contribution in [-0.4, -0.2) is 53.5 Å². The summed E-state index contributed by atoms with van der Waals surface area (Å²) in [5, 5.41) is 0. The summed E-state index contributed by atoms with van der Waals surface area (Å²) in [5.41, 5.74) is 0.444. The van der Waals surface area contributed by atoms with Gasteiger partial charge in [0.05, 0.1) is 12.1 Å². The molecule has 1 aromatic carbocycles. The van der Waals surface area contributed by atoms with Gasteiger partial charge in [-0.05, 0) is 50.2 Å². The fourth-order valence-corrected chi connectivity index (χ4v) is 3.83. The van der Waals surface area contributed by atoms with Gasteiger partial charge in [0.1, 0.15) is 18.1 Å². The molecular formula is C22H24F3N3O3. The molecular weight excluding hydrogens is 411 g/mol. The molecule has 1 unspecified atom stereocenters. The number of likely N-dealkylation sites (tertiary alicyclic amines) is 1. The van der Waals surface area contributed by atoms with Crippen molar-refractivity contribution in [1.29, 1.82) is 0 Å². The molecule has 1 atom stereocenters. The molecule has 4 rings (SSSR count). The van der Waals surface area contributed by atoms with Crippen LogP contribution in [0.5, 0.6) is 11.6 Å². The molecule has 9 heteroatoms. The van der Waals surface area contributed by atoms with Gasteiger partial charge in [-0.15, -0.1) is 0 Å². The number of carbonyl (C=O) groups is 1. The lowest BCUT2D eigenvalue weighted by Crippen LogP contribution is -2.32. The highest BCUT2D eigenvalue weighted by molar-refractivity contribution is 5.78. The normalized spacial score (nSPS) is 19.7. The van der Waals surface area contributed by atoms with Crippen molar-refractivity contribution in [2.24, 2.45) is 0 Å². The molecule has 0 spiro atoms. The Kier molecular flexibility index (Phi) is 6.04. The van der Waals surface area contributed by atoms with Crippen molar-refractivity contribution in [2.75, 3.05) is 26.8 Å². The maximum atomic E-state index is 12.8. The summed E-state index contributed by atoms with van der Waals surface area (Å²) < 4.78 is 49.8. The lowest BCUT2D eigenvalue weighted by atomic mass is 10.1. The predicted octanol–water partition coefficient (Wildman–Crippen LogP) is 3.49. The number of rotatable bonds is 5. The van der Waals surface area contributed by atoms with Gasteiger partial charge in [-0.2, -0.15) is 13.2 Å². The average molecular weight is 435 g/mol. The lowest BCUT2D eigenvalue weighted by Gasteiger charge is -2.21. The van der Waals surface area contributed by atoms with Crippen LogP contribution in [0.1, 0.15) is 29.7 Å². The summed E-state index contributed by atoms with van der Waals surface area (Å²) >= 11 is 0. The SMILES string of the molecule is CN1CCCC1COc1ccc2c(n1)CN(Cc1ccc(C(F)(F)F)cc1)C(=O)CO2. The van der Waals surface area contributed by atoms with Crippen LogP contribution >= 0.6 is 0 Å². The summed E-state index contributed by atoms with van der Waals surface area (Å²) in [6, 6.07) is 8.63. The minimum absolute atomic E-state index is 0.150. The minimum Gasteiger partial charge on any atom is -0.482 e. The van der Waals surface area contributed by atoms with Crippen molar-refractivity contribution < 1.29 is 27.4 Å². The molecule has 1 saturated heterocycles. The molecule has 0 bridgehead atoms. The molecule has 31 heavy (non-hydrogen) atoms. The number of benzene rings is 1. The summed E-state index contributed by atoms with van der Waals surface area (Å²) in [5.74, 6) is 0.716. The van der Waals surface area contributed by atoms with E-state index >= 15 is 0 Å². The highest BCUT2D eigenvalue weighted by atomic mass is 19.4. The highest BCUT2D eigenvalue weighted by Gasteiger charge is 2.30. The summed E-state index contributed by atoms with van der Waals surface area (Å²) in [6.07, 6.45) is -2.16. The molecule has 1 amide bonds. The molecule has 0 radical (unpaired) electrons. The van der Waals surface area contributed by atoms with E-state index in [-0.39, 0.29) is 25.6 Å². The third-order valence-electron chi connectivity index (χ3n) is 5.70. The zero-order chi connectivity index (χ0) is 22.0. The Morgan fingerprint density at radius 1 is 1.19 bits per heavy atom. The summed E-state index contributed by atoms with van der Waals surface area (Å²) in [7, 11) is 2.07. The number of amides is 1. The van der Waals surface area contributed by atoms with E-state index in [1.807, 2.05) is 0 Å². The number of carbonyl (C=O) groups excluding carboxylic acids is 1. The number of alkyl halides is 3. The number of ether oxygens (including phenoxy) is 2. The monoisotopic (exact) mass is 435 g/mol. The van der Waals surface area contributed by atoms with E-state index in [0.717, 1.165) is 31.5 Å². The van der Waals surface area contributed by atoms with E-state index in [4.69, 9.17) is 9.47 Å². The van der Waals surface area contributed by atoms with Gasteiger partial charge in [-0.25, -0.2) is 4.98 Å². The van der Waals surface area contributed by atoms with Crippen LogP contribution in [0.15, 0.2) is 36.4 Å². The van der Waals surface area contributed by atoms with Gasteiger partial charge in [-0.3, -0.25) is 4.79 Å². The second kappa shape index (κ2) is 8.74. The Bertz CT molecular complexity index is 934. The maximum Gasteiger partial charge on any atom is 0.416 e. The number of likely N-dealkylation sites (N-methyl/N-ethyl adjacent to an activating group) is 1. The van der Waals surface area contributed by atoms with Crippen LogP contribution in [-0.2, 0) is 24.1 Å². The van der Waals surface area contributed by atoms with Crippen molar-refractivity contribution in [3.63, 3.8) is 0 Å². The smallest absolute Gasteiger partial charge is 0.416 e. The van der Waals surface area contributed by atoms with E-state index in [1.165, 1.54) is 17.0 Å². The third kappa shape index (κ3) is 5.10. The average Bonchev–Trinajstić information content (AvgIpc) is 3.08. The highest BCUT2D eigenvalue weighted by Crippen LogP contribution is 2.30. The third-order valence-corrected chi connectivity index (χ3v) is 5.70. The largest absolute Gasteiger partial charge is 0.482 e. The number of halogens is 3. The number of fused-ring (bicyclic) bond motifs is 1. The van der Waals surface area contributed by atoms with Crippen LogP contribution in [0, 0.1) is 0 Å². The molecule has 3 heterocycles. The standard InChI is InChI=1S/C22H24F3N3O3/c1-27-10-2-3-17(27)13-31-20-9-8-19-18(26-20)12-28(21(29)14-30-19)11-15-4-6-16(7-5-15)22(23,24)25/h4-9,17H,2-3,10-14H2,1H3. The number of nitrogens with zero attached hydrogens (tertiary/aromatic N) is 3. The molecule has 1 aromatic heterocycles. The van der Waals surface area contributed by atoms with Crippen LogP contribution in [0.4, 0.5) is 13.2 Å². The number of hydrogen-bond donors (Lipinski definition) is 0. The zero-order valence-corrected chi connectivity index (χ0v) is 17.2. The molecule has 1 fully saturated rings. The molecule has 6 nitrogen and oxygen atoms in total. The Hall–Kier alpha value is -2.81. The summed E-state index contributed by atoms with van der Waals surface area (Å²) in [6.45, 7) is 1.80. The van der Waals surface area contributed by atoms with Crippen LogP contribution in [0.25, 0.3) is 0 Å². The van der Waals surface area contributed by atoms with E-state index in [1.54, 1.807) is 12.1 Å². The Balaban J connectivity index is 1.45. The fourth-order valence-electron chi connectivity index (χ4n) is 3.83. The van der Waals surface area contributed by atoms with E-state index < -0.39 is 11.7 Å². The number of pyridine rings is 1. The van der Waals surface area contributed by atoms with Gasteiger partial charge in [-0.1, -0.05) is 12.1 Å². The molecule has 0 N–H and O–H groups in total. The van der Waals surface area contributed by atoms with Gasteiger partial charge in [0.25, 0.3) is 5.91 Å². The molecule has 0 aliphatic carbocycles. The first-order chi connectivity index (χ1) is 14.8. The van der Waals surface area contributed by atoms with Crippen molar-refractivity contribution >= 4 is 5.91 Å². The quantitative estimate of drug-likeness (QED) is 0.720. The van der Waals surface area contributed by atoms with Crippen molar-refractivity contribution in [2.45, 2.75) is 38.1 Å². The first kappa shape index (κ1) is 21.4. The van der Waals surface area contributed by atoms with Crippen molar-refractivity contribution in [3.8, 4) is 11.6 Å². The zero-order valence-electron chi connectivity index (χ0n) is 17.2. The van der Waals surface area contributed by atoms with E-state index in [0.29, 0.717) is 35.5 Å². The van der Waals surface area contributed by atoms with Gasteiger partial charge in [0.15, 0.2) is 6.61 Å². The topological polar surface area (TPSA) is 54.9 Å². The molecule has 2 aliphatic rings. The summed E-state index contributed by atoms with van der Waals surface area (Å²) in [4.78, 5) is 20.8. The van der Waals surface area contributed by atoms with Crippen molar-refractivity contribution in [1.82, 2.24) is 14.8 Å². The predicted molar refractivity (Wildman–Crippen MR) is 107 cm³/mol. The van der Waals surface area contributed by atoms with Crippen LogP contribution in [0.3, 0.4) is 0 Å². The van der Waals surface area contributed by atoms with Crippen LogP contribution < -0.4 is 9.47 Å². The Labute approximate surface area is 178 Å². The van der Waals surface area contributed by atoms with Gasteiger partial charge in [0.2, 0.25) is 5.88 Å². The van der Waals surface area contributed by atoms with Gasteiger partial charge < -0.3 is 19.3 Å². The van der Waals surface area contributed by atoms with Crippen molar-refractivity contribution in [3.05, 3.63) is 53.2 Å². The van der Waals surface area contributed by atoms with Crippen LogP contribution in [0.2, 0.25) is 0 Å². The Morgan fingerprint density at radius 2 is 1.97 bits per heavy atom. The molecule has 2 aliphatic heterocycles. The number of aromatic nitrogens is 1. The number of hydrogen-bond acceptors (Lipinski definition) is 5. The molecule has 2 aromatic rings. The van der Waals surface area contributed by atoms with Gasteiger partial charge in [0, 0.05) is 18.7 Å². The Morgan fingerprint density at radius 3 is 2.65 bits per heavy atom. The maximum absolute atomic E-state index is 12.8. The van der Waals surface area contributed by atoms with Gasteiger partial charge >= 0.3 is 6.18 Å². The second-order valence-corrected chi connectivity index (χ2v) is 7.92. The first-order valence-corrected chi connectivity index (χ1v) is 10.2. The minimum atomic E-state index is -4.39.